The van der Waals surface area contributed by atoms with Crippen LogP contribution in [0.2, 0.25) is 5.02 Å². The highest BCUT2D eigenvalue weighted by Crippen LogP contribution is 2.48. The van der Waals surface area contributed by atoms with Crippen molar-refractivity contribution in [3.8, 4) is 0 Å². The van der Waals surface area contributed by atoms with Crippen molar-refractivity contribution in [1.82, 2.24) is 9.78 Å². The molecule has 0 unspecified atom stereocenters. The highest BCUT2D eigenvalue weighted by atomic mass is 35.5. The fourth-order valence-corrected chi connectivity index (χ4v) is 2.96. The molecule has 1 fully saturated rings. The van der Waals surface area contributed by atoms with E-state index < -0.39 is 0 Å². The Bertz CT molecular complexity index is 720. The van der Waals surface area contributed by atoms with Crippen LogP contribution in [0.3, 0.4) is 0 Å². The lowest BCUT2D eigenvalue weighted by Gasteiger charge is -2.17. The zero-order valence-electron chi connectivity index (χ0n) is 12.5. The molecule has 1 aliphatic rings. The number of benzene rings is 1. The van der Waals surface area contributed by atoms with E-state index in [9.17, 15) is 10.1 Å². The molecule has 0 saturated heterocycles. The van der Waals surface area contributed by atoms with E-state index in [1.807, 2.05) is 24.3 Å². The summed E-state index contributed by atoms with van der Waals surface area (Å²) in [6.45, 7) is 2.30. The van der Waals surface area contributed by atoms with Gasteiger partial charge in [-0.1, -0.05) is 23.7 Å². The van der Waals surface area contributed by atoms with Crippen molar-refractivity contribution in [2.75, 3.05) is 11.9 Å². The molecular weight excluding hydrogens is 304 g/mol. The van der Waals surface area contributed by atoms with Crippen LogP contribution in [-0.4, -0.2) is 21.2 Å². The molecule has 1 N–H and O–H groups in total. The van der Waals surface area contributed by atoms with Gasteiger partial charge in [0.25, 0.3) is 0 Å². The summed E-state index contributed by atoms with van der Waals surface area (Å²) in [6, 6.07) is 7.82. The van der Waals surface area contributed by atoms with Gasteiger partial charge in [-0.3, -0.25) is 10.1 Å². The van der Waals surface area contributed by atoms with Crippen LogP contribution in [0.5, 0.6) is 0 Å². The predicted octanol–water partition coefficient (Wildman–Crippen LogP) is 3.43. The van der Waals surface area contributed by atoms with Gasteiger partial charge in [0, 0.05) is 24.0 Å². The number of hydrogen-bond donors (Lipinski definition) is 1. The Labute approximate surface area is 133 Å². The molecule has 1 aliphatic carbocycles. The molecule has 0 aliphatic heterocycles. The number of rotatable bonds is 5. The van der Waals surface area contributed by atoms with E-state index in [0.29, 0.717) is 23.1 Å². The first-order valence-electron chi connectivity index (χ1n) is 7.11. The third-order valence-corrected chi connectivity index (χ3v) is 4.53. The van der Waals surface area contributed by atoms with Crippen LogP contribution in [-0.2, 0) is 12.5 Å². The molecule has 1 aromatic carbocycles. The number of hydrogen-bond acceptors (Lipinski definition) is 4. The third kappa shape index (κ3) is 2.54. The fraction of sp³-hybridized carbons (Fsp3) is 0.400. The van der Waals surface area contributed by atoms with Gasteiger partial charge in [0.2, 0.25) is 5.82 Å². The molecule has 116 valence electrons. The Kier molecular flexibility index (Phi) is 3.56. The van der Waals surface area contributed by atoms with Crippen molar-refractivity contribution in [2.45, 2.75) is 25.2 Å². The Morgan fingerprint density at radius 3 is 2.59 bits per heavy atom. The van der Waals surface area contributed by atoms with Gasteiger partial charge in [-0.05, 0) is 37.5 Å². The second-order valence-corrected chi connectivity index (χ2v) is 6.24. The quantitative estimate of drug-likeness (QED) is 0.676. The monoisotopic (exact) mass is 320 g/mol. The first kappa shape index (κ1) is 14.8. The number of anilines is 1. The minimum Gasteiger partial charge on any atom is -0.364 e. The van der Waals surface area contributed by atoms with E-state index in [2.05, 4.69) is 10.4 Å². The van der Waals surface area contributed by atoms with Crippen LogP contribution in [0.15, 0.2) is 24.3 Å². The largest absolute Gasteiger partial charge is 0.364 e. The molecule has 1 saturated carbocycles. The van der Waals surface area contributed by atoms with E-state index in [0.717, 1.165) is 12.8 Å². The first-order valence-corrected chi connectivity index (χ1v) is 7.49. The Morgan fingerprint density at radius 1 is 1.41 bits per heavy atom. The summed E-state index contributed by atoms with van der Waals surface area (Å²) in [5.41, 5.74) is 1.73. The maximum absolute atomic E-state index is 11.2. The number of nitrogens with zero attached hydrogens (tertiary/aromatic N) is 3. The van der Waals surface area contributed by atoms with E-state index in [-0.39, 0.29) is 16.0 Å². The molecule has 7 heteroatoms. The summed E-state index contributed by atoms with van der Waals surface area (Å²) in [5.74, 6) is 0.461. The summed E-state index contributed by atoms with van der Waals surface area (Å²) in [4.78, 5) is 10.8. The van der Waals surface area contributed by atoms with Crippen molar-refractivity contribution in [3.63, 3.8) is 0 Å². The van der Waals surface area contributed by atoms with Crippen molar-refractivity contribution >= 4 is 23.1 Å². The topological polar surface area (TPSA) is 73.0 Å². The molecule has 22 heavy (non-hydrogen) atoms. The predicted molar refractivity (Wildman–Crippen MR) is 85.5 cm³/mol. The summed E-state index contributed by atoms with van der Waals surface area (Å²) in [6.07, 6.45) is 2.12. The molecule has 6 nitrogen and oxygen atoms in total. The smallest absolute Gasteiger partial charge is 0.333 e. The molecule has 1 heterocycles. The third-order valence-electron chi connectivity index (χ3n) is 4.28. The second kappa shape index (κ2) is 5.28. The summed E-state index contributed by atoms with van der Waals surface area (Å²) < 4.78 is 1.53. The molecule has 0 bridgehead atoms. The average molecular weight is 321 g/mol. The normalized spacial score (nSPS) is 15.6. The molecule has 1 aromatic heterocycles. The van der Waals surface area contributed by atoms with Crippen LogP contribution in [0.25, 0.3) is 0 Å². The summed E-state index contributed by atoms with van der Waals surface area (Å²) >= 11 is 5.93. The van der Waals surface area contributed by atoms with E-state index in [1.54, 1.807) is 14.0 Å². The zero-order chi connectivity index (χ0) is 15.9. The van der Waals surface area contributed by atoms with Gasteiger partial charge in [-0.15, -0.1) is 0 Å². The van der Waals surface area contributed by atoms with E-state index in [4.69, 9.17) is 11.6 Å². The standard InChI is InChI=1S/C15H17ClN4O2/c1-10-13(20(21)22)14(19(2)18-10)17-9-15(7-8-15)11-3-5-12(16)6-4-11/h3-6,17H,7-9H2,1-2H3. The van der Waals surface area contributed by atoms with Crippen molar-refractivity contribution in [1.29, 1.82) is 0 Å². The molecule has 0 atom stereocenters. The van der Waals surface area contributed by atoms with Crippen LogP contribution in [0.1, 0.15) is 24.1 Å². The first-order chi connectivity index (χ1) is 10.4. The Morgan fingerprint density at radius 2 is 2.05 bits per heavy atom. The lowest BCUT2D eigenvalue weighted by Crippen LogP contribution is -2.21. The minimum absolute atomic E-state index is 0.0383. The maximum atomic E-state index is 11.2. The van der Waals surface area contributed by atoms with E-state index >= 15 is 0 Å². The SMILES string of the molecule is Cc1nn(C)c(NCC2(c3ccc(Cl)cc3)CC2)c1[N+](=O)[O-]. The number of halogens is 1. The summed E-state index contributed by atoms with van der Waals surface area (Å²) in [5, 5.41) is 19.3. The van der Waals surface area contributed by atoms with Crippen LogP contribution in [0, 0.1) is 17.0 Å². The number of aromatic nitrogens is 2. The molecule has 0 amide bonds. The van der Waals surface area contributed by atoms with Gasteiger partial charge in [0.05, 0.1) is 4.92 Å². The van der Waals surface area contributed by atoms with Gasteiger partial charge in [-0.2, -0.15) is 5.10 Å². The highest BCUT2D eigenvalue weighted by molar-refractivity contribution is 6.30. The lowest BCUT2D eigenvalue weighted by atomic mass is 9.96. The average Bonchev–Trinajstić information content (AvgIpc) is 3.18. The van der Waals surface area contributed by atoms with Crippen molar-refractivity contribution in [2.24, 2.45) is 7.05 Å². The lowest BCUT2D eigenvalue weighted by molar-refractivity contribution is -0.384. The van der Waals surface area contributed by atoms with Gasteiger partial charge < -0.3 is 5.32 Å². The fourth-order valence-electron chi connectivity index (χ4n) is 2.84. The molecular formula is C15H17ClN4O2. The van der Waals surface area contributed by atoms with Gasteiger partial charge >= 0.3 is 5.69 Å². The molecule has 0 spiro atoms. The van der Waals surface area contributed by atoms with Crippen LogP contribution in [0.4, 0.5) is 11.5 Å². The molecule has 0 radical (unpaired) electrons. The molecule has 2 aromatic rings. The Balaban J connectivity index is 1.81. The van der Waals surface area contributed by atoms with E-state index in [1.165, 1.54) is 10.2 Å². The number of nitrogens with one attached hydrogen (secondary N) is 1. The minimum atomic E-state index is -0.382. The highest BCUT2D eigenvalue weighted by Gasteiger charge is 2.44. The summed E-state index contributed by atoms with van der Waals surface area (Å²) in [7, 11) is 1.71. The molecule has 3 rings (SSSR count). The van der Waals surface area contributed by atoms with Crippen molar-refractivity contribution < 1.29 is 4.92 Å². The maximum Gasteiger partial charge on any atom is 0.333 e. The number of aryl methyl sites for hydroxylation is 2. The van der Waals surface area contributed by atoms with Gasteiger partial charge in [0.15, 0.2) is 0 Å². The zero-order valence-corrected chi connectivity index (χ0v) is 13.2. The van der Waals surface area contributed by atoms with Gasteiger partial charge in [-0.25, -0.2) is 4.68 Å². The van der Waals surface area contributed by atoms with Crippen LogP contribution < -0.4 is 5.32 Å². The van der Waals surface area contributed by atoms with Crippen molar-refractivity contribution in [3.05, 3.63) is 50.7 Å². The second-order valence-electron chi connectivity index (χ2n) is 5.80. The number of nitro groups is 1. The Hall–Kier alpha value is -2.08. The van der Waals surface area contributed by atoms with Gasteiger partial charge in [0.1, 0.15) is 5.69 Å². The van der Waals surface area contributed by atoms with Crippen LogP contribution >= 0.6 is 11.6 Å².